The van der Waals surface area contributed by atoms with Gasteiger partial charge in [-0.3, -0.25) is 0 Å². The molecule has 26 heavy (non-hydrogen) atoms. The van der Waals surface area contributed by atoms with Crippen LogP contribution in [0.1, 0.15) is 50.6 Å². The second-order valence-corrected chi connectivity index (χ2v) is 7.66. The lowest BCUT2D eigenvalue weighted by Crippen LogP contribution is -2.45. The van der Waals surface area contributed by atoms with E-state index >= 15 is 0 Å². The van der Waals surface area contributed by atoms with E-state index in [-0.39, 0.29) is 6.03 Å². The van der Waals surface area contributed by atoms with Crippen LogP contribution in [0.4, 0.5) is 4.79 Å². The lowest BCUT2D eigenvalue weighted by atomic mass is 9.90. The highest BCUT2D eigenvalue weighted by molar-refractivity contribution is 6.42. The normalized spacial score (nSPS) is 21.2. The van der Waals surface area contributed by atoms with Crippen LogP contribution in [-0.2, 0) is 9.53 Å². The molecule has 1 aromatic rings. The van der Waals surface area contributed by atoms with Crippen LogP contribution >= 0.6 is 23.2 Å². The molecule has 1 saturated carbocycles. The minimum atomic E-state index is -0.627. The fraction of sp³-hybridized carbons (Fsp3) is 0.474. The first kappa shape index (κ1) is 19.1. The highest BCUT2D eigenvalue weighted by Crippen LogP contribution is 2.32. The molecule has 0 saturated heterocycles. The van der Waals surface area contributed by atoms with Gasteiger partial charge in [0.2, 0.25) is 0 Å². The molecule has 1 aliphatic heterocycles. The minimum absolute atomic E-state index is 0.365. The third-order valence-corrected chi connectivity index (χ3v) is 5.68. The van der Waals surface area contributed by atoms with Crippen molar-refractivity contribution in [1.82, 2.24) is 10.6 Å². The zero-order valence-electron chi connectivity index (χ0n) is 14.6. The number of urea groups is 1. The van der Waals surface area contributed by atoms with E-state index in [0.29, 0.717) is 39.4 Å². The van der Waals surface area contributed by atoms with Gasteiger partial charge in [0.15, 0.2) is 0 Å². The summed E-state index contributed by atoms with van der Waals surface area (Å²) in [7, 11) is 0. The number of amides is 2. The predicted octanol–water partition coefficient (Wildman–Crippen LogP) is 4.74. The first-order chi connectivity index (χ1) is 12.5. The summed E-state index contributed by atoms with van der Waals surface area (Å²) in [4.78, 5) is 24.7. The molecule has 1 fully saturated rings. The molecule has 1 aromatic carbocycles. The molecule has 3 rings (SSSR count). The summed E-state index contributed by atoms with van der Waals surface area (Å²) in [6.45, 7) is 2.11. The maximum atomic E-state index is 12.8. The molecule has 0 radical (unpaired) electrons. The van der Waals surface area contributed by atoms with Gasteiger partial charge in [-0.15, -0.1) is 0 Å². The third-order valence-electron chi connectivity index (χ3n) is 4.94. The maximum absolute atomic E-state index is 12.8. The number of benzene rings is 1. The Morgan fingerprint density at radius 1 is 1.19 bits per heavy atom. The molecule has 0 bridgehead atoms. The average molecular weight is 397 g/mol. The molecule has 1 aliphatic carbocycles. The summed E-state index contributed by atoms with van der Waals surface area (Å²) in [5, 5.41) is 6.19. The van der Waals surface area contributed by atoms with Crippen LogP contribution < -0.4 is 10.6 Å². The molecule has 7 heteroatoms. The van der Waals surface area contributed by atoms with E-state index in [0.717, 1.165) is 12.8 Å². The second-order valence-electron chi connectivity index (χ2n) is 6.85. The Labute approximate surface area is 163 Å². The second kappa shape index (κ2) is 8.31. The summed E-state index contributed by atoms with van der Waals surface area (Å²) in [5.41, 5.74) is 1.55. The highest BCUT2D eigenvalue weighted by atomic mass is 35.5. The van der Waals surface area contributed by atoms with Gasteiger partial charge in [0.1, 0.15) is 0 Å². The number of hydrogen-bond donors (Lipinski definition) is 2. The van der Waals surface area contributed by atoms with Gasteiger partial charge in [0.25, 0.3) is 0 Å². The van der Waals surface area contributed by atoms with Crippen molar-refractivity contribution in [2.45, 2.75) is 45.1 Å². The monoisotopic (exact) mass is 396 g/mol. The standard InChI is InChI=1S/C19H22Cl2N2O3/c1-11-16(18(24)26-10-12-5-3-2-4-6-12)17(23-19(25)22-11)13-7-8-14(20)15(21)9-13/h7-9,12,17H,2-6,10H2,1H3,(H2,22,23,25). The number of hydrogen-bond acceptors (Lipinski definition) is 3. The van der Waals surface area contributed by atoms with E-state index in [1.165, 1.54) is 19.3 Å². The van der Waals surface area contributed by atoms with E-state index in [1.54, 1.807) is 25.1 Å². The van der Waals surface area contributed by atoms with E-state index in [2.05, 4.69) is 10.6 Å². The number of nitrogens with one attached hydrogen (secondary N) is 2. The third kappa shape index (κ3) is 4.33. The SMILES string of the molecule is CC1=C(C(=O)OCC2CCCCC2)C(c2ccc(Cl)c(Cl)c2)NC(=O)N1. The lowest BCUT2D eigenvalue weighted by molar-refractivity contribution is -0.141. The summed E-state index contributed by atoms with van der Waals surface area (Å²) in [6, 6.07) is 4.04. The van der Waals surface area contributed by atoms with E-state index in [9.17, 15) is 9.59 Å². The molecule has 1 atom stereocenters. The van der Waals surface area contributed by atoms with Crippen LogP contribution in [-0.4, -0.2) is 18.6 Å². The maximum Gasteiger partial charge on any atom is 0.338 e. The topological polar surface area (TPSA) is 67.4 Å². The Bertz CT molecular complexity index is 742. The Balaban J connectivity index is 1.80. The molecule has 0 aromatic heterocycles. The number of carbonyl (C=O) groups excluding carboxylic acids is 2. The average Bonchev–Trinajstić information content (AvgIpc) is 2.62. The van der Waals surface area contributed by atoms with Crippen LogP contribution in [0.3, 0.4) is 0 Å². The van der Waals surface area contributed by atoms with E-state index in [4.69, 9.17) is 27.9 Å². The van der Waals surface area contributed by atoms with Gasteiger partial charge < -0.3 is 15.4 Å². The largest absolute Gasteiger partial charge is 0.462 e. The van der Waals surface area contributed by atoms with Gasteiger partial charge in [-0.1, -0.05) is 48.5 Å². The van der Waals surface area contributed by atoms with Crippen molar-refractivity contribution in [2.75, 3.05) is 6.61 Å². The number of allylic oxidation sites excluding steroid dienone is 1. The van der Waals surface area contributed by atoms with Crippen LogP contribution in [0.5, 0.6) is 0 Å². The molecule has 2 N–H and O–H groups in total. The molecule has 0 spiro atoms. The molecule has 1 heterocycles. The zero-order valence-corrected chi connectivity index (χ0v) is 16.1. The first-order valence-electron chi connectivity index (χ1n) is 8.86. The fourth-order valence-corrected chi connectivity index (χ4v) is 3.84. The molecular formula is C19H22Cl2N2O3. The van der Waals surface area contributed by atoms with Crippen molar-refractivity contribution < 1.29 is 14.3 Å². The molecule has 1 unspecified atom stereocenters. The summed E-state index contributed by atoms with van der Waals surface area (Å²) in [5.74, 6) is -0.000167. The van der Waals surface area contributed by atoms with Gasteiger partial charge in [-0.25, -0.2) is 9.59 Å². The van der Waals surface area contributed by atoms with Gasteiger partial charge in [0.05, 0.1) is 28.3 Å². The smallest absolute Gasteiger partial charge is 0.338 e. The molecule has 140 valence electrons. The summed E-state index contributed by atoms with van der Waals surface area (Å²) < 4.78 is 5.59. The van der Waals surface area contributed by atoms with Crippen molar-refractivity contribution in [1.29, 1.82) is 0 Å². The van der Waals surface area contributed by atoms with Crippen molar-refractivity contribution in [3.05, 3.63) is 45.1 Å². The predicted molar refractivity (Wildman–Crippen MR) is 101 cm³/mol. The first-order valence-corrected chi connectivity index (χ1v) is 9.61. The Morgan fingerprint density at radius 2 is 1.92 bits per heavy atom. The van der Waals surface area contributed by atoms with Crippen molar-refractivity contribution in [3.8, 4) is 0 Å². The van der Waals surface area contributed by atoms with Crippen LogP contribution in [0.15, 0.2) is 29.5 Å². The van der Waals surface area contributed by atoms with Crippen molar-refractivity contribution in [2.24, 2.45) is 5.92 Å². The lowest BCUT2D eigenvalue weighted by Gasteiger charge is -2.29. The zero-order chi connectivity index (χ0) is 18.7. The molecule has 2 aliphatic rings. The summed E-state index contributed by atoms with van der Waals surface area (Å²) in [6.07, 6.45) is 5.82. The summed E-state index contributed by atoms with van der Waals surface area (Å²) >= 11 is 12.1. The Hall–Kier alpha value is -1.72. The van der Waals surface area contributed by atoms with Gasteiger partial charge in [-0.05, 0) is 43.4 Å². The Morgan fingerprint density at radius 3 is 2.62 bits per heavy atom. The number of esters is 1. The number of halogens is 2. The van der Waals surface area contributed by atoms with E-state index < -0.39 is 12.0 Å². The number of rotatable bonds is 4. The van der Waals surface area contributed by atoms with Crippen molar-refractivity contribution >= 4 is 35.2 Å². The van der Waals surface area contributed by atoms with E-state index in [1.807, 2.05) is 0 Å². The highest BCUT2D eigenvalue weighted by Gasteiger charge is 2.33. The molecule has 5 nitrogen and oxygen atoms in total. The molecular weight excluding hydrogens is 375 g/mol. The van der Waals surface area contributed by atoms with Crippen LogP contribution in [0.25, 0.3) is 0 Å². The minimum Gasteiger partial charge on any atom is -0.462 e. The van der Waals surface area contributed by atoms with Crippen LogP contribution in [0.2, 0.25) is 10.0 Å². The van der Waals surface area contributed by atoms with Gasteiger partial charge in [0, 0.05) is 5.70 Å². The number of ether oxygens (including phenoxy) is 1. The van der Waals surface area contributed by atoms with Crippen molar-refractivity contribution in [3.63, 3.8) is 0 Å². The van der Waals surface area contributed by atoms with Gasteiger partial charge >= 0.3 is 12.0 Å². The Kier molecular flexibility index (Phi) is 6.09. The quantitative estimate of drug-likeness (QED) is 0.721. The number of carbonyl (C=O) groups is 2. The van der Waals surface area contributed by atoms with Gasteiger partial charge in [-0.2, -0.15) is 0 Å². The van der Waals surface area contributed by atoms with Crippen LogP contribution in [0, 0.1) is 5.92 Å². The fourth-order valence-electron chi connectivity index (χ4n) is 3.53. The molecule has 2 amide bonds.